The minimum Gasteiger partial charge on any atom is -0.461 e. The molecule has 0 aliphatic carbocycles. The molecular formula is C16H15ClN4O4S. The molecule has 0 aliphatic heterocycles. The number of aliphatic hydroxyl groups is 2. The zero-order valence-corrected chi connectivity index (χ0v) is 14.9. The number of halogens is 1. The van der Waals surface area contributed by atoms with Crippen molar-refractivity contribution < 1.29 is 19.7 Å². The maximum Gasteiger partial charge on any atom is 0.318 e. The van der Waals surface area contributed by atoms with E-state index in [-0.39, 0.29) is 23.2 Å². The van der Waals surface area contributed by atoms with Gasteiger partial charge in [-0.05, 0) is 12.1 Å². The number of carbonyl (C=O) groups excluding carboxylic acids is 1. The van der Waals surface area contributed by atoms with Gasteiger partial charge in [0.2, 0.25) is 0 Å². The normalized spacial score (nSPS) is 12.3. The van der Waals surface area contributed by atoms with Crippen molar-refractivity contribution >= 4 is 44.7 Å². The minimum atomic E-state index is -1.07. The number of ether oxygens (including phenoxy) is 1. The van der Waals surface area contributed by atoms with Crippen molar-refractivity contribution in [3.8, 4) is 17.3 Å². The molecule has 8 nitrogen and oxygen atoms in total. The fourth-order valence-corrected chi connectivity index (χ4v) is 3.45. The fourth-order valence-electron chi connectivity index (χ4n) is 2.32. The van der Waals surface area contributed by atoms with Crippen LogP contribution in [0.25, 0.3) is 21.5 Å². The van der Waals surface area contributed by atoms with Crippen LogP contribution in [-0.2, 0) is 0 Å². The second-order valence-corrected chi connectivity index (χ2v) is 6.84. The number of nitrogens with two attached hydrogens (primary N) is 2. The van der Waals surface area contributed by atoms with E-state index in [0.717, 1.165) is 11.3 Å². The van der Waals surface area contributed by atoms with E-state index in [0.29, 0.717) is 26.5 Å². The van der Waals surface area contributed by atoms with Gasteiger partial charge in [-0.1, -0.05) is 23.7 Å². The smallest absolute Gasteiger partial charge is 0.318 e. The molecule has 136 valence electrons. The first-order valence-corrected chi connectivity index (χ1v) is 8.67. The molecule has 1 aromatic carbocycles. The number of aliphatic hydroxyl groups excluding tert-OH is 2. The summed E-state index contributed by atoms with van der Waals surface area (Å²) >= 11 is 7.09. The zero-order chi connectivity index (χ0) is 18.8. The van der Waals surface area contributed by atoms with Crippen LogP contribution in [0.15, 0.2) is 24.3 Å². The molecule has 26 heavy (non-hydrogen) atoms. The highest BCUT2D eigenvalue weighted by Crippen LogP contribution is 2.39. The maximum atomic E-state index is 11.6. The van der Waals surface area contributed by atoms with Crippen molar-refractivity contribution in [1.82, 2.24) is 9.97 Å². The topological polar surface area (TPSA) is 145 Å². The average Bonchev–Trinajstić information content (AvgIpc) is 2.96. The molecular weight excluding hydrogens is 380 g/mol. The summed E-state index contributed by atoms with van der Waals surface area (Å²) in [7, 11) is 0. The van der Waals surface area contributed by atoms with Crippen LogP contribution in [0.3, 0.4) is 0 Å². The summed E-state index contributed by atoms with van der Waals surface area (Å²) in [5.41, 5.74) is 12.7. The first-order valence-electron chi connectivity index (χ1n) is 7.48. The third-order valence-electron chi connectivity index (χ3n) is 3.51. The number of anilines is 1. The van der Waals surface area contributed by atoms with E-state index in [1.54, 1.807) is 24.3 Å². The Hall–Kier alpha value is -2.46. The molecule has 3 aromatic rings. The van der Waals surface area contributed by atoms with E-state index in [2.05, 4.69) is 9.97 Å². The molecule has 2 aromatic heterocycles. The van der Waals surface area contributed by atoms with Crippen LogP contribution >= 0.6 is 22.9 Å². The van der Waals surface area contributed by atoms with Gasteiger partial charge in [0.05, 0.1) is 23.4 Å². The van der Waals surface area contributed by atoms with Crippen LogP contribution in [0, 0.1) is 0 Å². The van der Waals surface area contributed by atoms with Gasteiger partial charge in [-0.3, -0.25) is 4.79 Å². The van der Waals surface area contributed by atoms with Crippen LogP contribution in [0.2, 0.25) is 5.02 Å². The van der Waals surface area contributed by atoms with Crippen LogP contribution in [0.4, 0.5) is 5.69 Å². The van der Waals surface area contributed by atoms with Gasteiger partial charge >= 0.3 is 6.01 Å². The lowest BCUT2D eigenvalue weighted by Gasteiger charge is -2.10. The Bertz CT molecular complexity index is 978. The highest BCUT2D eigenvalue weighted by molar-refractivity contribution is 7.21. The van der Waals surface area contributed by atoms with E-state index >= 15 is 0 Å². The molecule has 0 saturated heterocycles. The van der Waals surface area contributed by atoms with Crippen molar-refractivity contribution in [2.24, 2.45) is 5.73 Å². The SMILES string of the molecule is NC(=O)c1sc2nc(OC[C@H](O)CO)nc(-c3cccc(Cl)c3)c2c1N. The third kappa shape index (κ3) is 3.56. The van der Waals surface area contributed by atoms with E-state index in [1.807, 2.05) is 0 Å². The average molecular weight is 395 g/mol. The highest BCUT2D eigenvalue weighted by atomic mass is 35.5. The van der Waals surface area contributed by atoms with Gasteiger partial charge < -0.3 is 26.4 Å². The van der Waals surface area contributed by atoms with Crippen LogP contribution < -0.4 is 16.2 Å². The van der Waals surface area contributed by atoms with E-state index in [9.17, 15) is 9.90 Å². The summed E-state index contributed by atoms with van der Waals surface area (Å²) in [6.07, 6.45) is -1.07. The van der Waals surface area contributed by atoms with Gasteiger partial charge in [-0.2, -0.15) is 9.97 Å². The van der Waals surface area contributed by atoms with E-state index in [4.69, 9.17) is 32.9 Å². The van der Waals surface area contributed by atoms with Gasteiger partial charge in [0, 0.05) is 10.6 Å². The Morgan fingerprint density at radius 1 is 1.38 bits per heavy atom. The molecule has 1 amide bonds. The number of aromatic nitrogens is 2. The number of amides is 1. The quantitative estimate of drug-likeness (QED) is 0.494. The van der Waals surface area contributed by atoms with Gasteiger partial charge in [0.25, 0.3) is 5.91 Å². The molecule has 3 rings (SSSR count). The number of thiophene rings is 1. The van der Waals surface area contributed by atoms with Crippen molar-refractivity contribution in [3.63, 3.8) is 0 Å². The van der Waals surface area contributed by atoms with Crippen LogP contribution in [0.5, 0.6) is 6.01 Å². The van der Waals surface area contributed by atoms with Gasteiger partial charge in [0.15, 0.2) is 0 Å². The van der Waals surface area contributed by atoms with Crippen LogP contribution in [-0.4, -0.2) is 45.4 Å². The number of hydrogen-bond donors (Lipinski definition) is 4. The zero-order valence-electron chi connectivity index (χ0n) is 13.3. The third-order valence-corrected chi connectivity index (χ3v) is 4.85. The monoisotopic (exact) mass is 394 g/mol. The predicted molar refractivity (Wildman–Crippen MR) is 99.4 cm³/mol. The number of hydrogen-bond acceptors (Lipinski definition) is 8. The van der Waals surface area contributed by atoms with Gasteiger partial charge in [0.1, 0.15) is 22.4 Å². The molecule has 10 heteroatoms. The van der Waals surface area contributed by atoms with Crippen molar-refractivity contribution in [3.05, 3.63) is 34.2 Å². The molecule has 0 bridgehead atoms. The first kappa shape index (κ1) is 18.3. The van der Waals surface area contributed by atoms with E-state index < -0.39 is 18.6 Å². The lowest BCUT2D eigenvalue weighted by atomic mass is 10.1. The molecule has 0 radical (unpaired) electrons. The Labute approximate surface area is 157 Å². The largest absolute Gasteiger partial charge is 0.461 e. The first-order chi connectivity index (χ1) is 12.4. The maximum absolute atomic E-state index is 11.6. The number of carbonyl (C=O) groups is 1. The number of nitrogen functional groups attached to an aromatic ring is 1. The lowest BCUT2D eigenvalue weighted by molar-refractivity contribution is 0.0506. The number of rotatable bonds is 6. The lowest BCUT2D eigenvalue weighted by Crippen LogP contribution is -2.22. The Morgan fingerprint density at radius 3 is 2.81 bits per heavy atom. The van der Waals surface area contributed by atoms with Gasteiger partial charge in [-0.25, -0.2) is 0 Å². The molecule has 0 unspecified atom stereocenters. The summed E-state index contributed by atoms with van der Waals surface area (Å²) in [6, 6.07) is 6.90. The van der Waals surface area contributed by atoms with Gasteiger partial charge in [-0.15, -0.1) is 11.3 Å². The fraction of sp³-hybridized carbons (Fsp3) is 0.188. The summed E-state index contributed by atoms with van der Waals surface area (Å²) in [6.45, 7) is -0.651. The number of primary amides is 1. The number of fused-ring (bicyclic) bond motifs is 1. The Morgan fingerprint density at radius 2 is 2.15 bits per heavy atom. The predicted octanol–water partition coefficient (Wildman–Crippen LogP) is 1.42. The highest BCUT2D eigenvalue weighted by Gasteiger charge is 2.21. The molecule has 0 fully saturated rings. The van der Waals surface area contributed by atoms with Crippen molar-refractivity contribution in [1.29, 1.82) is 0 Å². The molecule has 6 N–H and O–H groups in total. The standard InChI is InChI=1S/C16H15ClN4O4S/c17-8-3-1-2-7(4-8)12-10-11(18)13(14(19)24)26-15(10)21-16(20-12)25-6-9(23)5-22/h1-4,9,22-23H,5-6,18H2,(H2,19,24)/t9-/m1/s1. The summed E-state index contributed by atoms with van der Waals surface area (Å²) in [5.74, 6) is -0.666. The Balaban J connectivity index is 2.19. The minimum absolute atomic E-state index is 0.0303. The molecule has 1 atom stereocenters. The molecule has 0 aliphatic rings. The molecule has 0 spiro atoms. The van der Waals surface area contributed by atoms with Crippen molar-refractivity contribution in [2.75, 3.05) is 18.9 Å². The second kappa shape index (κ2) is 7.42. The summed E-state index contributed by atoms with van der Waals surface area (Å²) in [4.78, 5) is 20.8. The summed E-state index contributed by atoms with van der Waals surface area (Å²) in [5, 5.41) is 19.3. The number of benzene rings is 1. The van der Waals surface area contributed by atoms with E-state index in [1.165, 1.54) is 0 Å². The second-order valence-electron chi connectivity index (χ2n) is 5.40. The Kier molecular flexibility index (Phi) is 5.23. The van der Waals surface area contributed by atoms with Crippen LogP contribution in [0.1, 0.15) is 9.67 Å². The molecule has 0 saturated carbocycles. The summed E-state index contributed by atoms with van der Waals surface area (Å²) < 4.78 is 5.35. The van der Waals surface area contributed by atoms with Crippen molar-refractivity contribution in [2.45, 2.75) is 6.10 Å². The number of nitrogens with zero attached hydrogens (tertiary/aromatic N) is 2. The molecule has 2 heterocycles.